The molecule has 0 aliphatic rings. The molecule has 0 saturated carbocycles. The SMILES string of the molecule is C[C@@H](O)[C@@H](N)c1cc(F)cc(F)c1I. The molecule has 1 aromatic carbocycles. The van der Waals surface area contributed by atoms with Gasteiger partial charge in [0.05, 0.1) is 15.7 Å². The summed E-state index contributed by atoms with van der Waals surface area (Å²) in [5, 5.41) is 9.21. The Hall–Kier alpha value is -0.270. The van der Waals surface area contributed by atoms with E-state index in [1.54, 1.807) is 22.6 Å². The van der Waals surface area contributed by atoms with Crippen molar-refractivity contribution < 1.29 is 13.9 Å². The molecular weight excluding hydrogens is 303 g/mol. The van der Waals surface area contributed by atoms with E-state index in [1.165, 1.54) is 6.92 Å². The normalized spacial score (nSPS) is 15.3. The fourth-order valence-electron chi connectivity index (χ4n) is 1.08. The average molecular weight is 313 g/mol. The van der Waals surface area contributed by atoms with Crippen molar-refractivity contribution in [3.05, 3.63) is 32.9 Å². The van der Waals surface area contributed by atoms with Crippen molar-refractivity contribution in [3.8, 4) is 0 Å². The van der Waals surface area contributed by atoms with Crippen molar-refractivity contribution in [3.63, 3.8) is 0 Å². The van der Waals surface area contributed by atoms with Gasteiger partial charge in [-0.1, -0.05) is 0 Å². The summed E-state index contributed by atoms with van der Waals surface area (Å²) in [7, 11) is 0. The second kappa shape index (κ2) is 4.50. The highest BCUT2D eigenvalue weighted by atomic mass is 127. The third-order valence-corrected chi connectivity index (χ3v) is 3.04. The quantitative estimate of drug-likeness (QED) is 0.647. The van der Waals surface area contributed by atoms with Gasteiger partial charge in [0.25, 0.3) is 0 Å². The number of aliphatic hydroxyl groups excluding tert-OH is 1. The van der Waals surface area contributed by atoms with Crippen LogP contribution in [0.25, 0.3) is 0 Å². The third-order valence-electron chi connectivity index (χ3n) is 1.90. The van der Waals surface area contributed by atoms with Gasteiger partial charge in [0.15, 0.2) is 0 Å². The monoisotopic (exact) mass is 313 g/mol. The van der Waals surface area contributed by atoms with Crippen molar-refractivity contribution in [1.82, 2.24) is 0 Å². The molecule has 0 bridgehead atoms. The van der Waals surface area contributed by atoms with Gasteiger partial charge in [-0.25, -0.2) is 8.78 Å². The van der Waals surface area contributed by atoms with Crippen LogP contribution >= 0.6 is 22.6 Å². The van der Waals surface area contributed by atoms with E-state index < -0.39 is 23.8 Å². The van der Waals surface area contributed by atoms with E-state index in [4.69, 9.17) is 5.73 Å². The van der Waals surface area contributed by atoms with Crippen LogP contribution < -0.4 is 5.73 Å². The summed E-state index contributed by atoms with van der Waals surface area (Å²) in [6.07, 6.45) is -0.843. The number of halogens is 3. The third kappa shape index (κ3) is 2.40. The fourth-order valence-corrected chi connectivity index (χ4v) is 1.75. The number of nitrogens with two attached hydrogens (primary N) is 1. The summed E-state index contributed by atoms with van der Waals surface area (Å²) in [4.78, 5) is 0. The molecule has 0 aliphatic heterocycles. The molecule has 0 heterocycles. The van der Waals surface area contributed by atoms with Gasteiger partial charge < -0.3 is 10.8 Å². The molecule has 5 heteroatoms. The molecule has 14 heavy (non-hydrogen) atoms. The molecule has 1 rings (SSSR count). The summed E-state index contributed by atoms with van der Waals surface area (Å²) >= 11 is 1.74. The molecule has 0 saturated heterocycles. The van der Waals surface area contributed by atoms with E-state index in [9.17, 15) is 13.9 Å². The zero-order valence-electron chi connectivity index (χ0n) is 7.47. The van der Waals surface area contributed by atoms with Gasteiger partial charge in [0.1, 0.15) is 11.6 Å². The Labute approximate surface area is 94.3 Å². The summed E-state index contributed by atoms with van der Waals surface area (Å²) in [6, 6.07) is 1.16. The van der Waals surface area contributed by atoms with Crippen molar-refractivity contribution in [1.29, 1.82) is 0 Å². The fraction of sp³-hybridized carbons (Fsp3) is 0.333. The highest BCUT2D eigenvalue weighted by Gasteiger charge is 2.18. The minimum absolute atomic E-state index is 0.248. The van der Waals surface area contributed by atoms with E-state index in [0.29, 0.717) is 0 Å². The summed E-state index contributed by atoms with van der Waals surface area (Å²) in [6.45, 7) is 1.48. The van der Waals surface area contributed by atoms with Crippen LogP contribution in [0.5, 0.6) is 0 Å². The Kier molecular flexibility index (Phi) is 3.79. The standard InChI is InChI=1S/C9H10F2INO/c1-4(14)9(13)6-2-5(10)3-7(11)8(6)12/h2-4,9,14H,13H2,1H3/t4-,9-/m1/s1. The molecule has 0 aromatic heterocycles. The lowest BCUT2D eigenvalue weighted by atomic mass is 10.0. The molecule has 0 radical (unpaired) electrons. The lowest BCUT2D eigenvalue weighted by molar-refractivity contribution is 0.163. The van der Waals surface area contributed by atoms with Crippen LogP contribution in [0.3, 0.4) is 0 Å². The Balaban J connectivity index is 3.20. The predicted molar refractivity (Wildman–Crippen MR) is 57.7 cm³/mol. The average Bonchev–Trinajstić information content (AvgIpc) is 2.09. The first kappa shape index (κ1) is 11.8. The van der Waals surface area contributed by atoms with E-state index in [2.05, 4.69) is 0 Å². The van der Waals surface area contributed by atoms with Gasteiger partial charge >= 0.3 is 0 Å². The second-order valence-corrected chi connectivity index (χ2v) is 4.14. The number of aliphatic hydroxyl groups is 1. The van der Waals surface area contributed by atoms with Crippen molar-refractivity contribution in [2.75, 3.05) is 0 Å². The van der Waals surface area contributed by atoms with Crippen LogP contribution in [0.1, 0.15) is 18.5 Å². The molecule has 1 aromatic rings. The summed E-state index contributed by atoms with van der Waals surface area (Å²) in [5.41, 5.74) is 5.88. The number of hydrogen-bond donors (Lipinski definition) is 2. The molecule has 0 unspecified atom stereocenters. The summed E-state index contributed by atoms with van der Waals surface area (Å²) in [5.74, 6) is -1.34. The zero-order chi connectivity index (χ0) is 10.9. The zero-order valence-corrected chi connectivity index (χ0v) is 9.63. The maximum absolute atomic E-state index is 13.1. The van der Waals surface area contributed by atoms with E-state index >= 15 is 0 Å². The minimum atomic E-state index is -0.843. The molecule has 0 fully saturated rings. The van der Waals surface area contributed by atoms with E-state index in [0.717, 1.165) is 12.1 Å². The summed E-state index contributed by atoms with van der Waals surface area (Å²) < 4.78 is 26.2. The van der Waals surface area contributed by atoms with Crippen LogP contribution in [0.15, 0.2) is 12.1 Å². The Morgan fingerprint density at radius 2 is 2.00 bits per heavy atom. The maximum atomic E-state index is 13.1. The van der Waals surface area contributed by atoms with Crippen LogP contribution in [-0.4, -0.2) is 11.2 Å². The first-order valence-electron chi connectivity index (χ1n) is 4.01. The first-order chi connectivity index (χ1) is 6.43. The smallest absolute Gasteiger partial charge is 0.139 e. The minimum Gasteiger partial charge on any atom is -0.391 e. The van der Waals surface area contributed by atoms with E-state index in [-0.39, 0.29) is 9.13 Å². The molecular formula is C9H10F2INO. The lowest BCUT2D eigenvalue weighted by Gasteiger charge is -2.17. The molecule has 2 atom stereocenters. The van der Waals surface area contributed by atoms with Crippen LogP contribution in [0, 0.1) is 15.2 Å². The predicted octanol–water partition coefficient (Wildman–Crippen LogP) is 1.95. The molecule has 2 nitrogen and oxygen atoms in total. The first-order valence-corrected chi connectivity index (χ1v) is 5.09. The van der Waals surface area contributed by atoms with Crippen LogP contribution in [0.2, 0.25) is 0 Å². The number of rotatable bonds is 2. The molecule has 3 N–H and O–H groups in total. The molecule has 0 aliphatic carbocycles. The maximum Gasteiger partial charge on any atom is 0.139 e. The van der Waals surface area contributed by atoms with Gasteiger partial charge in [-0.05, 0) is 41.1 Å². The molecule has 0 spiro atoms. The Morgan fingerprint density at radius 3 is 2.50 bits per heavy atom. The van der Waals surface area contributed by atoms with Gasteiger partial charge in [-0.15, -0.1) is 0 Å². The van der Waals surface area contributed by atoms with E-state index in [1.807, 2.05) is 0 Å². The van der Waals surface area contributed by atoms with Crippen molar-refractivity contribution in [2.24, 2.45) is 5.73 Å². The molecule has 0 amide bonds. The van der Waals surface area contributed by atoms with Crippen LogP contribution in [0.4, 0.5) is 8.78 Å². The lowest BCUT2D eigenvalue weighted by Crippen LogP contribution is -2.24. The van der Waals surface area contributed by atoms with Crippen molar-refractivity contribution >= 4 is 22.6 Å². The molecule has 78 valence electrons. The Morgan fingerprint density at radius 1 is 1.43 bits per heavy atom. The van der Waals surface area contributed by atoms with Crippen molar-refractivity contribution in [2.45, 2.75) is 19.1 Å². The van der Waals surface area contributed by atoms with Gasteiger partial charge in [0, 0.05) is 6.07 Å². The highest BCUT2D eigenvalue weighted by Crippen LogP contribution is 2.24. The van der Waals surface area contributed by atoms with Gasteiger partial charge in [-0.3, -0.25) is 0 Å². The second-order valence-electron chi connectivity index (χ2n) is 3.06. The van der Waals surface area contributed by atoms with Gasteiger partial charge in [-0.2, -0.15) is 0 Å². The number of hydrogen-bond acceptors (Lipinski definition) is 2. The number of benzene rings is 1. The largest absolute Gasteiger partial charge is 0.391 e. The van der Waals surface area contributed by atoms with Gasteiger partial charge in [0.2, 0.25) is 0 Å². The topological polar surface area (TPSA) is 46.2 Å². The van der Waals surface area contributed by atoms with Crippen LogP contribution in [-0.2, 0) is 0 Å². The highest BCUT2D eigenvalue weighted by molar-refractivity contribution is 14.1. The Bertz CT molecular complexity index is 344.